The summed E-state index contributed by atoms with van der Waals surface area (Å²) in [5.41, 5.74) is 9.51. The number of anilines is 2. The number of benzene rings is 1. The van der Waals surface area contributed by atoms with E-state index in [4.69, 9.17) is 5.73 Å². The lowest BCUT2D eigenvalue weighted by molar-refractivity contribution is -0.131. The van der Waals surface area contributed by atoms with Crippen molar-refractivity contribution in [2.75, 3.05) is 12.4 Å². The summed E-state index contributed by atoms with van der Waals surface area (Å²) >= 11 is 0. The van der Waals surface area contributed by atoms with E-state index < -0.39 is 11.6 Å². The summed E-state index contributed by atoms with van der Waals surface area (Å²) in [7, 11) is 1.81. The summed E-state index contributed by atoms with van der Waals surface area (Å²) in [5, 5.41) is 7.82. The van der Waals surface area contributed by atoms with Gasteiger partial charge in [-0.05, 0) is 73.1 Å². The molecule has 3 N–H and O–H groups in total. The van der Waals surface area contributed by atoms with Crippen LogP contribution in [0.25, 0.3) is 16.8 Å². The summed E-state index contributed by atoms with van der Waals surface area (Å²) in [6.45, 7) is 5.32. The van der Waals surface area contributed by atoms with Crippen molar-refractivity contribution in [1.82, 2.24) is 24.5 Å². The van der Waals surface area contributed by atoms with Crippen molar-refractivity contribution in [2.24, 2.45) is 11.7 Å². The fraction of sp³-hybridized carbons (Fsp3) is 0.357. The molecule has 4 aromatic rings. The monoisotopic (exact) mass is 519 g/mol. The van der Waals surface area contributed by atoms with Gasteiger partial charge in [-0.2, -0.15) is 9.61 Å². The summed E-state index contributed by atoms with van der Waals surface area (Å²) in [4.78, 5) is 22.5. The smallest absolute Gasteiger partial charge is 0.229 e. The van der Waals surface area contributed by atoms with E-state index in [-0.39, 0.29) is 41.1 Å². The van der Waals surface area contributed by atoms with Crippen LogP contribution in [0.2, 0.25) is 0 Å². The third-order valence-corrected chi connectivity index (χ3v) is 7.55. The maximum absolute atomic E-state index is 14.7. The molecule has 1 aromatic carbocycles. The van der Waals surface area contributed by atoms with E-state index in [1.165, 1.54) is 16.6 Å². The first kappa shape index (κ1) is 25.7. The van der Waals surface area contributed by atoms with Crippen LogP contribution in [-0.2, 0) is 4.79 Å². The third kappa shape index (κ3) is 4.71. The van der Waals surface area contributed by atoms with Gasteiger partial charge in [-0.25, -0.2) is 13.8 Å². The normalized spacial score (nSPS) is 21.4. The van der Waals surface area contributed by atoms with Crippen molar-refractivity contribution >= 4 is 23.1 Å². The van der Waals surface area contributed by atoms with E-state index in [1.54, 1.807) is 49.5 Å². The Morgan fingerprint density at radius 3 is 2.58 bits per heavy atom. The van der Waals surface area contributed by atoms with Crippen LogP contribution < -0.4 is 11.1 Å². The quantitative estimate of drug-likeness (QED) is 0.393. The largest absolute Gasteiger partial charge is 0.341 e. The van der Waals surface area contributed by atoms with Gasteiger partial charge in [0.2, 0.25) is 11.9 Å². The molecule has 0 spiro atoms. The lowest BCUT2D eigenvalue weighted by Crippen LogP contribution is -2.54. The van der Waals surface area contributed by atoms with E-state index in [1.807, 2.05) is 13.1 Å². The maximum Gasteiger partial charge on any atom is 0.229 e. The number of halogens is 2. The minimum absolute atomic E-state index is 0.00507. The molecule has 198 valence electrons. The van der Waals surface area contributed by atoms with Gasteiger partial charge < -0.3 is 16.0 Å². The number of carbonyl (C=O) groups excluding carboxylic acids is 1. The number of nitrogens with two attached hydrogens (primary N) is 1. The van der Waals surface area contributed by atoms with Crippen molar-refractivity contribution in [2.45, 2.75) is 51.6 Å². The molecule has 1 aliphatic rings. The Morgan fingerprint density at radius 2 is 1.89 bits per heavy atom. The molecule has 0 aliphatic heterocycles. The average Bonchev–Trinajstić information content (AvgIpc) is 3.25. The molecule has 8 nitrogen and oxygen atoms in total. The molecule has 1 fully saturated rings. The Balaban J connectivity index is 1.46. The highest BCUT2D eigenvalue weighted by Gasteiger charge is 2.38. The Kier molecular flexibility index (Phi) is 6.83. The molecule has 0 saturated heterocycles. The Labute approximate surface area is 219 Å². The van der Waals surface area contributed by atoms with E-state index in [2.05, 4.69) is 27.3 Å². The first-order valence-electron chi connectivity index (χ1n) is 12.6. The molecule has 1 aliphatic carbocycles. The van der Waals surface area contributed by atoms with Crippen LogP contribution in [0.3, 0.4) is 0 Å². The number of nitrogens with zero attached hydrogens (tertiary/aromatic N) is 5. The number of fused-ring (bicyclic) bond motifs is 1. The molecule has 0 bridgehead atoms. The average molecular weight is 520 g/mol. The number of hydrogen-bond acceptors (Lipinski definition) is 6. The third-order valence-electron chi connectivity index (χ3n) is 7.55. The van der Waals surface area contributed by atoms with Crippen molar-refractivity contribution < 1.29 is 13.6 Å². The van der Waals surface area contributed by atoms with Gasteiger partial charge in [0.05, 0.1) is 34.9 Å². The Bertz CT molecular complexity index is 1470. The number of pyridine rings is 1. The molecule has 38 heavy (non-hydrogen) atoms. The van der Waals surface area contributed by atoms with Crippen LogP contribution in [0.4, 0.5) is 20.4 Å². The molecule has 1 amide bonds. The number of amides is 1. The predicted octanol–water partition coefficient (Wildman–Crippen LogP) is 4.81. The fourth-order valence-corrected chi connectivity index (χ4v) is 5.74. The minimum Gasteiger partial charge on any atom is -0.341 e. The van der Waals surface area contributed by atoms with Crippen LogP contribution in [-0.4, -0.2) is 49.5 Å². The zero-order valence-corrected chi connectivity index (χ0v) is 21.8. The number of carbonyl (C=O) groups is 1. The van der Waals surface area contributed by atoms with Crippen LogP contribution in [0.1, 0.15) is 43.7 Å². The van der Waals surface area contributed by atoms with Crippen molar-refractivity contribution in [1.29, 1.82) is 0 Å². The maximum atomic E-state index is 14.7. The highest BCUT2D eigenvalue weighted by molar-refractivity contribution is 5.73. The molecule has 4 atom stereocenters. The van der Waals surface area contributed by atoms with E-state index in [9.17, 15) is 13.6 Å². The van der Waals surface area contributed by atoms with Gasteiger partial charge in [0.15, 0.2) is 0 Å². The van der Waals surface area contributed by atoms with Crippen molar-refractivity contribution in [3.63, 3.8) is 0 Å². The summed E-state index contributed by atoms with van der Waals surface area (Å²) in [5.74, 6) is -0.594. The second kappa shape index (κ2) is 10.1. The van der Waals surface area contributed by atoms with Gasteiger partial charge in [-0.3, -0.25) is 9.78 Å². The van der Waals surface area contributed by atoms with Crippen molar-refractivity contribution in [3.8, 4) is 11.3 Å². The number of nitrogens with one attached hydrogen (secondary N) is 1. The van der Waals surface area contributed by atoms with Crippen LogP contribution in [0.15, 0.2) is 48.9 Å². The first-order chi connectivity index (χ1) is 18.1. The zero-order chi connectivity index (χ0) is 27.1. The molecular weight excluding hydrogens is 488 g/mol. The Hall–Kier alpha value is -3.92. The lowest BCUT2D eigenvalue weighted by Gasteiger charge is -2.43. The fourth-order valence-electron chi connectivity index (χ4n) is 5.74. The highest BCUT2D eigenvalue weighted by atomic mass is 19.1. The number of aryl methyl sites for hydroxylation is 1. The first-order valence-corrected chi connectivity index (χ1v) is 12.6. The SMILES string of the molecule is CC(=O)N(C)[C@@H]1[C@H](N)C[C@H](c2ccncc2Nc2ncc3ccc(-c4c(F)cc(C)cc4F)nn23)C[C@@H]1C. The molecule has 3 aromatic heterocycles. The summed E-state index contributed by atoms with van der Waals surface area (Å²) in [6.07, 6.45) is 6.67. The molecule has 0 radical (unpaired) electrons. The zero-order valence-electron chi connectivity index (χ0n) is 21.8. The summed E-state index contributed by atoms with van der Waals surface area (Å²) < 4.78 is 30.8. The van der Waals surface area contributed by atoms with Gasteiger partial charge in [0.1, 0.15) is 11.6 Å². The molecule has 1 saturated carbocycles. The summed E-state index contributed by atoms with van der Waals surface area (Å²) in [6, 6.07) is 7.64. The van der Waals surface area contributed by atoms with Gasteiger partial charge >= 0.3 is 0 Å². The number of imidazole rings is 1. The van der Waals surface area contributed by atoms with E-state index in [0.717, 1.165) is 17.7 Å². The number of aromatic nitrogens is 4. The lowest BCUT2D eigenvalue weighted by atomic mass is 9.73. The van der Waals surface area contributed by atoms with E-state index >= 15 is 0 Å². The molecule has 5 rings (SSSR count). The van der Waals surface area contributed by atoms with Gasteiger partial charge in [0.25, 0.3) is 0 Å². The second-order valence-electron chi connectivity index (χ2n) is 10.3. The number of hydrogen-bond donors (Lipinski definition) is 2. The highest BCUT2D eigenvalue weighted by Crippen LogP contribution is 2.40. The van der Waals surface area contributed by atoms with Gasteiger partial charge in [-0.15, -0.1) is 0 Å². The number of likely N-dealkylation sites (N-methyl/N-ethyl adjacent to an activating group) is 1. The van der Waals surface area contributed by atoms with Gasteiger partial charge in [0, 0.05) is 32.3 Å². The molecule has 0 unspecified atom stereocenters. The molecule has 3 heterocycles. The van der Waals surface area contributed by atoms with Gasteiger partial charge in [-0.1, -0.05) is 6.92 Å². The topological polar surface area (TPSA) is 101 Å². The minimum atomic E-state index is -0.671. The predicted molar refractivity (Wildman–Crippen MR) is 142 cm³/mol. The van der Waals surface area contributed by atoms with Crippen molar-refractivity contribution in [3.05, 3.63) is 71.7 Å². The van der Waals surface area contributed by atoms with Crippen LogP contribution in [0.5, 0.6) is 0 Å². The Morgan fingerprint density at radius 1 is 1.16 bits per heavy atom. The number of rotatable bonds is 5. The van der Waals surface area contributed by atoms with E-state index in [0.29, 0.717) is 23.4 Å². The molecular formula is C28H31F2N7O. The van der Waals surface area contributed by atoms with Crippen LogP contribution in [0, 0.1) is 24.5 Å². The van der Waals surface area contributed by atoms with Crippen LogP contribution >= 0.6 is 0 Å². The molecule has 10 heteroatoms. The standard InChI is InChI=1S/C28H31F2N7O/c1-15-9-21(29)26(22(30)10-15)24-6-5-19-13-33-28(37(19)35-24)34-25-14-32-8-7-20(25)18-11-16(2)27(23(31)12-18)36(4)17(3)38/h5-10,13-14,16,18,23,27H,11-12,31H2,1-4H3,(H,33,34)/t16-,18+,23+,27-/m0/s1. The second-order valence-corrected chi connectivity index (χ2v) is 10.3.